The van der Waals surface area contributed by atoms with E-state index in [1.807, 2.05) is 25.2 Å². The predicted molar refractivity (Wildman–Crippen MR) is 108 cm³/mol. The van der Waals surface area contributed by atoms with Crippen LogP contribution in [0.2, 0.25) is 0 Å². The average Bonchev–Trinajstić information content (AvgIpc) is 2.89. The Morgan fingerprint density at radius 2 is 1.81 bits per heavy atom. The lowest BCUT2D eigenvalue weighted by atomic mass is 9.84. The molecule has 0 aliphatic heterocycles. The van der Waals surface area contributed by atoms with Gasteiger partial charge in [0.25, 0.3) is 0 Å². The highest BCUT2D eigenvalue weighted by Gasteiger charge is 2.36. The Bertz CT molecular complexity index is 516. The second kappa shape index (κ2) is 12.7. The third kappa shape index (κ3) is 8.16. The lowest BCUT2D eigenvalue weighted by Gasteiger charge is -2.20. The number of ketones is 1. The van der Waals surface area contributed by atoms with Gasteiger partial charge in [-0.05, 0) is 68.8 Å². The van der Waals surface area contributed by atoms with Crippen molar-refractivity contribution < 1.29 is 14.3 Å². The van der Waals surface area contributed by atoms with Gasteiger partial charge in [-0.25, -0.2) is 0 Å². The molecule has 0 saturated heterocycles. The quantitative estimate of drug-likeness (QED) is 0.206. The second-order valence-corrected chi connectivity index (χ2v) is 7.54. The van der Waals surface area contributed by atoms with Crippen molar-refractivity contribution in [3.8, 4) is 0 Å². The summed E-state index contributed by atoms with van der Waals surface area (Å²) in [6.07, 6.45) is 18.4. The van der Waals surface area contributed by atoms with Crippen molar-refractivity contribution in [3.63, 3.8) is 0 Å². The fraction of sp³-hybridized carbons (Fsp3) is 0.652. The van der Waals surface area contributed by atoms with Gasteiger partial charge in [0.05, 0.1) is 7.11 Å². The number of carbonyl (C=O) groups is 2. The summed E-state index contributed by atoms with van der Waals surface area (Å²) in [6, 6.07) is 0. The first kappa shape index (κ1) is 22.4. The Hall–Kier alpha value is -1.64. The summed E-state index contributed by atoms with van der Waals surface area (Å²) in [5.74, 6) is 2.48. The minimum Gasteiger partial charge on any atom is -0.469 e. The maximum atomic E-state index is 12.0. The first-order valence-electron chi connectivity index (χ1n) is 10.0. The molecule has 0 amide bonds. The highest BCUT2D eigenvalue weighted by Crippen LogP contribution is 2.44. The van der Waals surface area contributed by atoms with E-state index in [-0.39, 0.29) is 11.8 Å². The summed E-state index contributed by atoms with van der Waals surface area (Å²) < 4.78 is 4.65. The number of esters is 1. The zero-order valence-corrected chi connectivity index (χ0v) is 16.9. The van der Waals surface area contributed by atoms with Gasteiger partial charge in [0.1, 0.15) is 0 Å². The average molecular weight is 361 g/mol. The first-order valence-corrected chi connectivity index (χ1v) is 10.0. The van der Waals surface area contributed by atoms with Crippen molar-refractivity contribution >= 4 is 11.8 Å². The van der Waals surface area contributed by atoms with Crippen molar-refractivity contribution in [2.75, 3.05) is 7.11 Å². The van der Waals surface area contributed by atoms with E-state index in [2.05, 4.69) is 36.8 Å². The van der Waals surface area contributed by atoms with Crippen molar-refractivity contribution in [2.45, 2.75) is 65.7 Å². The zero-order chi connectivity index (χ0) is 19.4. The minimum atomic E-state index is -0.138. The molecule has 1 fully saturated rings. The standard InChI is InChI=1S/C23H36O3/c1-5-6-9-12-20(24)15-16-22-19(3)17-18(2)21(22)13-10-7-8-11-14-23(25)26-4/h5-7,10,15-16,18-19,21-22H,8-9,11-14,17H2,1-4H3/b6-5+,10-7+,16-15+. The Morgan fingerprint density at radius 3 is 2.50 bits per heavy atom. The second-order valence-electron chi connectivity index (χ2n) is 7.54. The van der Waals surface area contributed by atoms with E-state index in [9.17, 15) is 9.59 Å². The molecule has 1 rings (SSSR count). The number of ether oxygens (including phenoxy) is 1. The van der Waals surface area contributed by atoms with Gasteiger partial charge in [-0.2, -0.15) is 0 Å². The van der Waals surface area contributed by atoms with E-state index < -0.39 is 0 Å². The molecule has 0 spiro atoms. The van der Waals surface area contributed by atoms with E-state index in [0.717, 1.165) is 25.7 Å². The van der Waals surface area contributed by atoms with Gasteiger partial charge in [-0.3, -0.25) is 9.59 Å². The molecule has 0 aromatic heterocycles. The van der Waals surface area contributed by atoms with Crippen LogP contribution in [-0.4, -0.2) is 18.9 Å². The summed E-state index contributed by atoms with van der Waals surface area (Å²) in [6.45, 7) is 6.61. The van der Waals surface area contributed by atoms with E-state index in [1.54, 1.807) is 0 Å². The Balaban J connectivity index is 2.48. The van der Waals surface area contributed by atoms with E-state index in [1.165, 1.54) is 13.5 Å². The smallest absolute Gasteiger partial charge is 0.305 e. The Labute approximate surface area is 159 Å². The first-order chi connectivity index (χ1) is 12.5. The van der Waals surface area contributed by atoms with Gasteiger partial charge >= 0.3 is 5.97 Å². The maximum Gasteiger partial charge on any atom is 0.305 e. The van der Waals surface area contributed by atoms with Crippen LogP contribution in [0.1, 0.15) is 65.7 Å². The fourth-order valence-corrected chi connectivity index (χ4v) is 3.97. The molecule has 146 valence electrons. The Kier molecular flexibility index (Phi) is 10.9. The molecule has 0 aromatic carbocycles. The summed E-state index contributed by atoms with van der Waals surface area (Å²) in [4.78, 5) is 23.1. The number of hydrogen-bond donors (Lipinski definition) is 0. The molecular weight excluding hydrogens is 324 g/mol. The lowest BCUT2D eigenvalue weighted by Crippen LogP contribution is -2.13. The molecule has 0 N–H and O–H groups in total. The normalized spacial score (nSPS) is 26.3. The molecule has 4 unspecified atom stereocenters. The minimum absolute atomic E-state index is 0.138. The van der Waals surface area contributed by atoms with Gasteiger partial charge in [0.15, 0.2) is 5.78 Å². The van der Waals surface area contributed by atoms with Crippen LogP contribution >= 0.6 is 0 Å². The van der Waals surface area contributed by atoms with Crippen LogP contribution in [-0.2, 0) is 14.3 Å². The van der Waals surface area contributed by atoms with Gasteiger partial charge in [-0.1, -0.05) is 44.2 Å². The van der Waals surface area contributed by atoms with Crippen molar-refractivity contribution in [1.82, 2.24) is 0 Å². The van der Waals surface area contributed by atoms with Gasteiger partial charge < -0.3 is 4.74 Å². The summed E-state index contributed by atoms with van der Waals surface area (Å²) in [7, 11) is 1.43. The molecule has 0 radical (unpaired) electrons. The van der Waals surface area contributed by atoms with Crippen molar-refractivity contribution in [2.24, 2.45) is 23.7 Å². The van der Waals surface area contributed by atoms with Gasteiger partial charge in [0, 0.05) is 12.8 Å². The SMILES string of the molecule is C/C=C/CCC(=O)/C=C/C1C(C)CC(C)C1C/C=C/CCCC(=O)OC. The van der Waals surface area contributed by atoms with Gasteiger partial charge in [-0.15, -0.1) is 0 Å². The highest BCUT2D eigenvalue weighted by molar-refractivity contribution is 5.89. The number of hydrogen-bond acceptors (Lipinski definition) is 3. The van der Waals surface area contributed by atoms with Crippen LogP contribution < -0.4 is 0 Å². The predicted octanol–water partition coefficient (Wildman–Crippen LogP) is 5.67. The van der Waals surface area contributed by atoms with Crippen LogP contribution in [0.4, 0.5) is 0 Å². The molecule has 1 saturated carbocycles. The molecule has 1 aliphatic carbocycles. The summed E-state index contributed by atoms with van der Waals surface area (Å²) >= 11 is 0. The number of carbonyl (C=O) groups excluding carboxylic acids is 2. The third-order valence-corrected chi connectivity index (χ3v) is 5.48. The monoisotopic (exact) mass is 360 g/mol. The third-order valence-electron chi connectivity index (χ3n) is 5.48. The molecule has 0 aromatic rings. The fourth-order valence-electron chi connectivity index (χ4n) is 3.97. The molecule has 0 bridgehead atoms. The molecular formula is C23H36O3. The number of allylic oxidation sites excluding steroid dienone is 6. The topological polar surface area (TPSA) is 43.4 Å². The highest BCUT2D eigenvalue weighted by atomic mass is 16.5. The lowest BCUT2D eigenvalue weighted by molar-refractivity contribution is -0.140. The Morgan fingerprint density at radius 1 is 1.04 bits per heavy atom. The molecule has 26 heavy (non-hydrogen) atoms. The largest absolute Gasteiger partial charge is 0.469 e. The molecule has 3 nitrogen and oxygen atoms in total. The zero-order valence-electron chi connectivity index (χ0n) is 16.9. The van der Waals surface area contributed by atoms with E-state index >= 15 is 0 Å². The molecule has 1 aliphatic rings. The van der Waals surface area contributed by atoms with Crippen LogP contribution in [0.15, 0.2) is 36.5 Å². The number of methoxy groups -OCH3 is 1. The molecule has 4 atom stereocenters. The van der Waals surface area contributed by atoms with Crippen LogP contribution in [0, 0.1) is 23.7 Å². The molecule has 3 heteroatoms. The summed E-state index contributed by atoms with van der Waals surface area (Å²) in [5, 5.41) is 0. The van der Waals surface area contributed by atoms with Crippen molar-refractivity contribution in [3.05, 3.63) is 36.5 Å². The molecule has 0 heterocycles. The van der Waals surface area contributed by atoms with E-state index in [0.29, 0.717) is 36.5 Å². The number of rotatable bonds is 11. The maximum absolute atomic E-state index is 12.0. The van der Waals surface area contributed by atoms with Gasteiger partial charge in [0.2, 0.25) is 0 Å². The van der Waals surface area contributed by atoms with E-state index in [4.69, 9.17) is 0 Å². The van der Waals surface area contributed by atoms with Crippen LogP contribution in [0.3, 0.4) is 0 Å². The van der Waals surface area contributed by atoms with Crippen molar-refractivity contribution in [1.29, 1.82) is 0 Å². The van der Waals surface area contributed by atoms with Crippen LogP contribution in [0.25, 0.3) is 0 Å². The summed E-state index contributed by atoms with van der Waals surface area (Å²) in [5.41, 5.74) is 0. The number of unbranched alkanes of at least 4 members (excludes halogenated alkanes) is 1. The van der Waals surface area contributed by atoms with Crippen LogP contribution in [0.5, 0.6) is 0 Å².